The molecule has 0 aromatic carbocycles. The number of amides is 1. The number of nitrogens with one attached hydrogen (secondary N) is 1. The van der Waals surface area contributed by atoms with E-state index in [9.17, 15) is 19.4 Å². The van der Waals surface area contributed by atoms with Crippen molar-refractivity contribution in [1.29, 1.82) is 0 Å². The first kappa shape index (κ1) is 60.7. The van der Waals surface area contributed by atoms with Gasteiger partial charge in [-0.3, -0.25) is 9.36 Å². The van der Waals surface area contributed by atoms with E-state index in [2.05, 4.69) is 43.5 Å². The van der Waals surface area contributed by atoms with Gasteiger partial charge in [-0.1, -0.05) is 230 Å². The third-order valence-electron chi connectivity index (χ3n) is 11.8. The Balaban J connectivity index is 4.29. The van der Waals surface area contributed by atoms with Gasteiger partial charge in [0, 0.05) is 6.42 Å². The van der Waals surface area contributed by atoms with Gasteiger partial charge < -0.3 is 28.8 Å². The second-order valence-electron chi connectivity index (χ2n) is 19.2. The van der Waals surface area contributed by atoms with Crippen LogP contribution < -0.4 is 10.2 Å². The molecular formula is C53H103N2O6P. The SMILES string of the molecule is CCCCCCCCC/C=C/CC/C=C/CC/C=C/C(O)C(COP(=O)([O-])OCC[N+](C)(C)C)NC(=O)CCCCCCCCCCCCCCCCCCCCCCCCC. The molecule has 0 aliphatic rings. The fourth-order valence-corrected chi connectivity index (χ4v) is 8.38. The maximum Gasteiger partial charge on any atom is 0.268 e. The molecule has 0 saturated heterocycles. The zero-order valence-electron chi connectivity index (χ0n) is 41.6. The van der Waals surface area contributed by atoms with E-state index in [1.54, 1.807) is 6.08 Å². The molecule has 0 fully saturated rings. The Bertz CT molecular complexity index is 1110. The highest BCUT2D eigenvalue weighted by atomic mass is 31.2. The summed E-state index contributed by atoms with van der Waals surface area (Å²) in [5, 5.41) is 13.8. The Hall–Kier alpha value is -1.28. The van der Waals surface area contributed by atoms with E-state index in [0.717, 1.165) is 44.9 Å². The maximum atomic E-state index is 12.9. The molecule has 2 N–H and O–H groups in total. The van der Waals surface area contributed by atoms with Gasteiger partial charge in [0.15, 0.2) is 0 Å². The fraction of sp³-hybridized carbons (Fsp3) is 0.868. The lowest BCUT2D eigenvalue weighted by Crippen LogP contribution is -2.45. The number of hydrogen-bond donors (Lipinski definition) is 2. The standard InChI is InChI=1S/C53H103N2O6P/c1-6-8-10-12-14-16-18-20-22-24-25-26-27-28-29-31-33-35-37-39-41-43-45-47-53(57)54-51(50-61-62(58,59)60-49-48-55(3,4)5)52(56)46-44-42-40-38-36-34-32-30-23-21-19-17-15-13-11-9-7-2/h23,30,36,38,44,46,51-52,56H,6-22,24-29,31-35,37,39-43,45,47-50H2,1-5H3,(H-,54,57,58,59)/b30-23+,38-36+,46-44+. The van der Waals surface area contributed by atoms with Crippen LogP contribution in [0.25, 0.3) is 0 Å². The van der Waals surface area contributed by atoms with Crippen molar-refractivity contribution in [3.63, 3.8) is 0 Å². The summed E-state index contributed by atoms with van der Waals surface area (Å²) in [6, 6.07) is -0.907. The van der Waals surface area contributed by atoms with Gasteiger partial charge in [0.05, 0.1) is 39.9 Å². The van der Waals surface area contributed by atoms with E-state index in [4.69, 9.17) is 9.05 Å². The van der Waals surface area contributed by atoms with Gasteiger partial charge in [0.2, 0.25) is 5.91 Å². The molecule has 0 radical (unpaired) electrons. The maximum absolute atomic E-state index is 12.9. The molecule has 0 spiro atoms. The van der Waals surface area contributed by atoms with Crippen molar-refractivity contribution < 1.29 is 32.9 Å². The van der Waals surface area contributed by atoms with E-state index < -0.39 is 26.6 Å². The van der Waals surface area contributed by atoms with Gasteiger partial charge in [0.1, 0.15) is 13.2 Å². The summed E-state index contributed by atoms with van der Waals surface area (Å²) in [5.74, 6) is -0.208. The summed E-state index contributed by atoms with van der Waals surface area (Å²) < 4.78 is 23.3. The lowest BCUT2D eigenvalue weighted by molar-refractivity contribution is -0.870. The van der Waals surface area contributed by atoms with E-state index in [1.165, 1.54) is 180 Å². The second-order valence-corrected chi connectivity index (χ2v) is 20.6. The first-order valence-corrected chi connectivity index (χ1v) is 27.8. The molecule has 0 saturated carbocycles. The van der Waals surface area contributed by atoms with Crippen LogP contribution in [0, 0.1) is 0 Å². The van der Waals surface area contributed by atoms with Crippen molar-refractivity contribution in [2.45, 2.75) is 257 Å². The molecule has 8 nitrogen and oxygen atoms in total. The van der Waals surface area contributed by atoms with Gasteiger partial charge >= 0.3 is 0 Å². The van der Waals surface area contributed by atoms with Gasteiger partial charge in [-0.15, -0.1) is 0 Å². The summed E-state index contributed by atoms with van der Waals surface area (Å²) in [6.45, 7) is 4.64. The molecule has 0 rings (SSSR count). The number of quaternary nitrogens is 1. The second kappa shape index (κ2) is 44.9. The van der Waals surface area contributed by atoms with E-state index in [-0.39, 0.29) is 12.5 Å². The van der Waals surface area contributed by atoms with Gasteiger partial charge in [-0.2, -0.15) is 0 Å². The van der Waals surface area contributed by atoms with Crippen LogP contribution in [0.1, 0.15) is 245 Å². The number of unbranched alkanes of at least 4 members (excludes halogenated alkanes) is 31. The average Bonchev–Trinajstić information content (AvgIpc) is 3.23. The van der Waals surface area contributed by atoms with Crippen molar-refractivity contribution in [2.24, 2.45) is 0 Å². The number of carbonyl (C=O) groups is 1. The molecule has 0 heterocycles. The molecule has 3 unspecified atom stereocenters. The predicted octanol–water partition coefficient (Wildman–Crippen LogP) is 14.8. The summed E-state index contributed by atoms with van der Waals surface area (Å²) in [6.07, 6.45) is 56.4. The smallest absolute Gasteiger partial charge is 0.268 e. The van der Waals surface area contributed by atoms with Crippen molar-refractivity contribution in [3.8, 4) is 0 Å². The van der Waals surface area contributed by atoms with Crippen LogP contribution in [0.15, 0.2) is 36.5 Å². The molecule has 1 amide bonds. The Morgan fingerprint density at radius 2 is 0.903 bits per heavy atom. The highest BCUT2D eigenvalue weighted by molar-refractivity contribution is 7.45. The third kappa shape index (κ3) is 46.7. The molecule has 0 aromatic heterocycles. The molecule has 3 atom stereocenters. The lowest BCUT2D eigenvalue weighted by atomic mass is 10.0. The Labute approximate surface area is 385 Å². The zero-order chi connectivity index (χ0) is 45.7. The Morgan fingerprint density at radius 1 is 0.548 bits per heavy atom. The molecule has 0 bridgehead atoms. The molecule has 0 aromatic rings. The van der Waals surface area contributed by atoms with E-state index in [0.29, 0.717) is 17.4 Å². The summed E-state index contributed by atoms with van der Waals surface area (Å²) in [5.41, 5.74) is 0. The number of phosphoric ester groups is 1. The first-order valence-electron chi connectivity index (χ1n) is 26.4. The quantitative estimate of drug-likeness (QED) is 0.0273. The number of allylic oxidation sites excluding steroid dienone is 5. The number of nitrogens with zero attached hydrogens (tertiary/aromatic N) is 1. The van der Waals surface area contributed by atoms with Gasteiger partial charge in [-0.05, 0) is 44.9 Å². The lowest BCUT2D eigenvalue weighted by Gasteiger charge is -2.29. The molecule has 62 heavy (non-hydrogen) atoms. The van der Waals surface area contributed by atoms with Crippen molar-refractivity contribution in [3.05, 3.63) is 36.5 Å². The molecule has 366 valence electrons. The highest BCUT2D eigenvalue weighted by Gasteiger charge is 2.23. The number of phosphoric acid groups is 1. The number of aliphatic hydroxyl groups excluding tert-OH is 1. The average molecular weight is 895 g/mol. The summed E-state index contributed by atoms with van der Waals surface area (Å²) >= 11 is 0. The molecule has 9 heteroatoms. The van der Waals surface area contributed by atoms with Crippen molar-refractivity contribution in [2.75, 3.05) is 40.9 Å². The molecule has 0 aliphatic carbocycles. The van der Waals surface area contributed by atoms with Crippen molar-refractivity contribution in [1.82, 2.24) is 5.32 Å². The molecular weight excluding hydrogens is 792 g/mol. The third-order valence-corrected chi connectivity index (χ3v) is 12.8. The molecule has 0 aliphatic heterocycles. The van der Waals surface area contributed by atoms with Crippen LogP contribution >= 0.6 is 7.82 Å². The highest BCUT2D eigenvalue weighted by Crippen LogP contribution is 2.38. The summed E-state index contributed by atoms with van der Waals surface area (Å²) in [4.78, 5) is 25.4. The monoisotopic (exact) mass is 895 g/mol. The number of carbonyl (C=O) groups excluding carboxylic acids is 1. The van der Waals surface area contributed by atoms with Gasteiger partial charge in [-0.25, -0.2) is 0 Å². The van der Waals surface area contributed by atoms with Gasteiger partial charge in [0.25, 0.3) is 7.82 Å². The van der Waals surface area contributed by atoms with Crippen LogP contribution in [0.5, 0.6) is 0 Å². The van der Waals surface area contributed by atoms with Crippen molar-refractivity contribution >= 4 is 13.7 Å². The van der Waals surface area contributed by atoms with Crippen LogP contribution in [0.4, 0.5) is 0 Å². The van der Waals surface area contributed by atoms with Crippen LogP contribution in [-0.4, -0.2) is 68.5 Å². The topological polar surface area (TPSA) is 108 Å². The predicted molar refractivity (Wildman–Crippen MR) is 265 cm³/mol. The summed E-state index contributed by atoms with van der Waals surface area (Å²) in [7, 11) is 1.24. The fourth-order valence-electron chi connectivity index (χ4n) is 7.66. The number of hydrogen-bond acceptors (Lipinski definition) is 6. The van der Waals surface area contributed by atoms with Crippen LogP contribution in [0.2, 0.25) is 0 Å². The van der Waals surface area contributed by atoms with E-state index >= 15 is 0 Å². The Morgan fingerprint density at radius 3 is 1.31 bits per heavy atom. The minimum absolute atomic E-state index is 0.00758. The minimum Gasteiger partial charge on any atom is -0.756 e. The Kier molecular flexibility index (Phi) is 44.0. The first-order chi connectivity index (χ1) is 30.0. The number of likely N-dealkylation sites (N-methyl/N-ethyl adjacent to an activating group) is 1. The van der Waals surface area contributed by atoms with Crippen LogP contribution in [0.3, 0.4) is 0 Å². The van der Waals surface area contributed by atoms with E-state index in [1.807, 2.05) is 27.2 Å². The van der Waals surface area contributed by atoms with Crippen LogP contribution in [-0.2, 0) is 18.4 Å². The zero-order valence-corrected chi connectivity index (χ0v) is 42.5. The normalized spacial score (nSPS) is 14.4. The number of aliphatic hydroxyl groups is 1. The largest absolute Gasteiger partial charge is 0.756 e. The number of rotatable bonds is 48. The minimum atomic E-state index is -4.60.